The largest absolute Gasteiger partial charge is 0.476 e. The summed E-state index contributed by atoms with van der Waals surface area (Å²) in [5.74, 6) is -1.31. The monoisotopic (exact) mass is 315 g/mol. The number of nitrogens with zero attached hydrogens (tertiary/aromatic N) is 2. The molecule has 0 atom stereocenters. The van der Waals surface area contributed by atoms with Gasteiger partial charge in [0.15, 0.2) is 12.4 Å². The lowest BCUT2D eigenvalue weighted by atomic mass is 10.1. The molecule has 8 heteroatoms. The zero-order chi connectivity index (χ0) is 16.8. The summed E-state index contributed by atoms with van der Waals surface area (Å²) >= 11 is 0. The smallest absolute Gasteiger partial charge is 0.406 e. The third-order valence-corrected chi connectivity index (χ3v) is 2.86. The fourth-order valence-electron chi connectivity index (χ4n) is 1.86. The Morgan fingerprint density at radius 3 is 2.70 bits per heavy atom. The van der Waals surface area contributed by atoms with Crippen LogP contribution in [0.15, 0.2) is 42.6 Å². The number of hydrogen-bond donors (Lipinski definition) is 1. The van der Waals surface area contributed by atoms with E-state index in [4.69, 9.17) is 4.74 Å². The quantitative estimate of drug-likeness (QED) is 0.497. The van der Waals surface area contributed by atoms with Crippen LogP contribution in [0.2, 0.25) is 0 Å². The summed E-state index contributed by atoms with van der Waals surface area (Å²) in [4.78, 5) is 37.1. The van der Waals surface area contributed by atoms with Crippen molar-refractivity contribution in [3.63, 3.8) is 0 Å². The zero-order valence-electron chi connectivity index (χ0n) is 12.2. The van der Waals surface area contributed by atoms with E-state index in [1.807, 2.05) is 0 Å². The second-order valence-corrected chi connectivity index (χ2v) is 4.52. The first-order valence-corrected chi connectivity index (χ1v) is 6.61. The number of anilines is 1. The van der Waals surface area contributed by atoms with Crippen LogP contribution in [0.5, 0.6) is 5.75 Å². The number of ketones is 1. The highest BCUT2D eigenvalue weighted by Gasteiger charge is 2.17. The molecule has 0 aliphatic rings. The topological polar surface area (TPSA) is 111 Å². The molecular formula is C15H13N3O5. The van der Waals surface area contributed by atoms with Crippen LogP contribution in [0.3, 0.4) is 0 Å². The van der Waals surface area contributed by atoms with E-state index in [1.54, 1.807) is 24.3 Å². The average molecular weight is 315 g/mol. The van der Waals surface area contributed by atoms with Crippen LogP contribution in [0.1, 0.15) is 17.3 Å². The highest BCUT2D eigenvalue weighted by molar-refractivity contribution is 6.03. The number of rotatable bonds is 6. The molecule has 2 rings (SSSR count). The van der Waals surface area contributed by atoms with Gasteiger partial charge in [-0.05, 0) is 41.1 Å². The van der Waals surface area contributed by atoms with Crippen molar-refractivity contribution < 1.29 is 19.2 Å². The number of benzene rings is 1. The lowest BCUT2D eigenvalue weighted by Crippen LogP contribution is -2.21. The van der Waals surface area contributed by atoms with E-state index in [-0.39, 0.29) is 11.5 Å². The average Bonchev–Trinajstić information content (AvgIpc) is 2.53. The number of para-hydroxylation sites is 1. The van der Waals surface area contributed by atoms with Gasteiger partial charge in [0, 0.05) is 5.56 Å². The molecule has 0 bridgehead atoms. The van der Waals surface area contributed by atoms with Crippen molar-refractivity contribution >= 4 is 23.2 Å². The SMILES string of the molecule is CC(=O)c1ccccc1NC(=O)COc1cccnc1[N+](=O)[O-]. The van der Waals surface area contributed by atoms with Crippen molar-refractivity contribution in [3.8, 4) is 5.75 Å². The molecule has 118 valence electrons. The first-order valence-electron chi connectivity index (χ1n) is 6.61. The number of pyridine rings is 1. The van der Waals surface area contributed by atoms with Gasteiger partial charge in [-0.2, -0.15) is 0 Å². The summed E-state index contributed by atoms with van der Waals surface area (Å²) in [6.07, 6.45) is 1.26. The molecule has 0 fully saturated rings. The number of carbonyl (C=O) groups is 2. The maximum Gasteiger partial charge on any atom is 0.406 e. The molecule has 2 aromatic rings. The van der Waals surface area contributed by atoms with Gasteiger partial charge in [-0.15, -0.1) is 0 Å². The van der Waals surface area contributed by atoms with Crippen LogP contribution in [0, 0.1) is 10.1 Å². The van der Waals surface area contributed by atoms with Crippen LogP contribution < -0.4 is 10.1 Å². The van der Waals surface area contributed by atoms with Crippen molar-refractivity contribution in [1.29, 1.82) is 0 Å². The van der Waals surface area contributed by atoms with Gasteiger partial charge in [-0.3, -0.25) is 9.59 Å². The number of nitrogens with one attached hydrogen (secondary N) is 1. The van der Waals surface area contributed by atoms with E-state index in [0.717, 1.165) is 0 Å². The van der Waals surface area contributed by atoms with Gasteiger partial charge in [0.25, 0.3) is 5.91 Å². The zero-order valence-corrected chi connectivity index (χ0v) is 12.2. The Hall–Kier alpha value is -3.29. The van der Waals surface area contributed by atoms with Gasteiger partial charge in [0.2, 0.25) is 5.75 Å². The number of amides is 1. The van der Waals surface area contributed by atoms with E-state index in [1.165, 1.54) is 25.3 Å². The van der Waals surface area contributed by atoms with Crippen molar-refractivity contribution in [2.24, 2.45) is 0 Å². The number of hydrogen-bond acceptors (Lipinski definition) is 6. The minimum atomic E-state index is -0.696. The molecule has 0 aliphatic carbocycles. The van der Waals surface area contributed by atoms with Crippen LogP contribution in [-0.2, 0) is 4.79 Å². The van der Waals surface area contributed by atoms with Gasteiger partial charge in [0.1, 0.15) is 6.20 Å². The van der Waals surface area contributed by atoms with Crippen LogP contribution in [0.4, 0.5) is 11.5 Å². The highest BCUT2D eigenvalue weighted by Crippen LogP contribution is 2.23. The van der Waals surface area contributed by atoms with E-state index in [2.05, 4.69) is 10.3 Å². The Morgan fingerprint density at radius 2 is 2.00 bits per heavy atom. The first kappa shape index (κ1) is 16.1. The second-order valence-electron chi connectivity index (χ2n) is 4.52. The summed E-state index contributed by atoms with van der Waals surface area (Å²) in [6, 6.07) is 9.34. The minimum absolute atomic E-state index is 0.104. The molecule has 1 aromatic carbocycles. The minimum Gasteiger partial charge on any atom is -0.476 e. The molecule has 0 aliphatic heterocycles. The number of nitro groups is 1. The van der Waals surface area contributed by atoms with E-state index < -0.39 is 23.3 Å². The summed E-state index contributed by atoms with van der Waals surface area (Å²) in [6.45, 7) is 0.944. The number of Topliss-reactive ketones (excluding diaryl/α,β-unsaturated/α-hetero) is 1. The maximum atomic E-state index is 11.9. The Bertz CT molecular complexity index is 760. The van der Waals surface area contributed by atoms with Crippen molar-refractivity contribution in [2.45, 2.75) is 6.92 Å². The summed E-state index contributed by atoms with van der Waals surface area (Å²) < 4.78 is 5.13. The molecule has 1 aromatic heterocycles. The summed E-state index contributed by atoms with van der Waals surface area (Å²) in [5.41, 5.74) is 0.725. The third-order valence-electron chi connectivity index (χ3n) is 2.86. The number of aromatic nitrogens is 1. The van der Waals surface area contributed by atoms with E-state index >= 15 is 0 Å². The normalized spacial score (nSPS) is 9.96. The fourth-order valence-corrected chi connectivity index (χ4v) is 1.86. The molecule has 0 spiro atoms. The van der Waals surface area contributed by atoms with E-state index in [0.29, 0.717) is 11.3 Å². The molecule has 0 saturated heterocycles. The Labute approximate surface area is 131 Å². The van der Waals surface area contributed by atoms with Gasteiger partial charge in [0.05, 0.1) is 5.69 Å². The Morgan fingerprint density at radius 1 is 1.26 bits per heavy atom. The predicted molar refractivity (Wildman–Crippen MR) is 81.5 cm³/mol. The molecule has 23 heavy (non-hydrogen) atoms. The Kier molecular flexibility index (Phi) is 4.98. The molecule has 0 unspecified atom stereocenters. The predicted octanol–water partition coefficient (Wildman–Crippen LogP) is 2.21. The van der Waals surface area contributed by atoms with Crippen LogP contribution in [-0.4, -0.2) is 28.2 Å². The maximum absolute atomic E-state index is 11.9. The Balaban J connectivity index is 2.04. The lowest BCUT2D eigenvalue weighted by Gasteiger charge is -2.10. The molecule has 1 amide bonds. The highest BCUT2D eigenvalue weighted by atomic mass is 16.6. The summed E-state index contributed by atoms with van der Waals surface area (Å²) in [5, 5.41) is 13.3. The number of carbonyl (C=O) groups excluding carboxylic acids is 2. The number of ether oxygens (including phenoxy) is 1. The second kappa shape index (κ2) is 7.12. The molecule has 1 N–H and O–H groups in total. The molecule has 0 radical (unpaired) electrons. The lowest BCUT2D eigenvalue weighted by molar-refractivity contribution is -0.390. The van der Waals surface area contributed by atoms with Gasteiger partial charge in [-0.1, -0.05) is 12.1 Å². The molecule has 8 nitrogen and oxygen atoms in total. The molecule has 1 heterocycles. The standard InChI is InChI=1S/C15H13N3O5/c1-10(19)11-5-2-3-6-12(11)17-14(20)9-23-13-7-4-8-16-15(13)18(21)22/h2-8H,9H2,1H3,(H,17,20). The van der Waals surface area contributed by atoms with Crippen molar-refractivity contribution in [2.75, 3.05) is 11.9 Å². The molecule has 0 saturated carbocycles. The van der Waals surface area contributed by atoms with E-state index in [9.17, 15) is 19.7 Å². The fraction of sp³-hybridized carbons (Fsp3) is 0.133. The van der Waals surface area contributed by atoms with Gasteiger partial charge >= 0.3 is 5.82 Å². The van der Waals surface area contributed by atoms with Crippen LogP contribution >= 0.6 is 0 Å². The first-order chi connectivity index (χ1) is 11.0. The van der Waals surface area contributed by atoms with Crippen molar-refractivity contribution in [1.82, 2.24) is 4.98 Å². The van der Waals surface area contributed by atoms with Crippen LogP contribution in [0.25, 0.3) is 0 Å². The molecular weight excluding hydrogens is 302 g/mol. The van der Waals surface area contributed by atoms with Gasteiger partial charge < -0.3 is 20.2 Å². The van der Waals surface area contributed by atoms with Gasteiger partial charge in [-0.25, -0.2) is 0 Å². The third kappa shape index (κ3) is 4.10. The summed E-state index contributed by atoms with van der Waals surface area (Å²) in [7, 11) is 0. The van der Waals surface area contributed by atoms with Crippen molar-refractivity contribution in [3.05, 3.63) is 58.3 Å².